The smallest absolute Gasteiger partial charge is 0.310 e. The topological polar surface area (TPSA) is 52.6 Å². The Bertz CT molecular complexity index is 467. The largest absolute Gasteiger partial charge is 0.465 e. The predicted octanol–water partition coefficient (Wildman–Crippen LogP) is 6.60. The summed E-state index contributed by atoms with van der Waals surface area (Å²) < 4.78 is 11.3. The number of hydrogen-bond donors (Lipinski definition) is 0. The number of carbonyl (C=O) groups is 2. The second kappa shape index (κ2) is 14.0. The van der Waals surface area contributed by atoms with Gasteiger partial charge in [-0.25, -0.2) is 0 Å². The molecule has 0 aromatic rings. The number of rotatable bonds is 12. The third-order valence-electron chi connectivity index (χ3n) is 6.63. The Balaban J connectivity index is 1.62. The predicted molar refractivity (Wildman–Crippen MR) is 117 cm³/mol. The summed E-state index contributed by atoms with van der Waals surface area (Å²) in [7, 11) is 0. The molecule has 2 aliphatic carbocycles. The van der Waals surface area contributed by atoms with Crippen molar-refractivity contribution in [3.8, 4) is 0 Å². The lowest BCUT2D eigenvalue weighted by atomic mass is 9.79. The highest BCUT2D eigenvalue weighted by Gasteiger charge is 2.38. The Kier molecular flexibility index (Phi) is 11.7. The highest BCUT2D eigenvalue weighted by atomic mass is 16.5. The molecule has 0 heterocycles. The van der Waals surface area contributed by atoms with E-state index < -0.39 is 0 Å². The Hall–Kier alpha value is -1.06. The van der Waals surface area contributed by atoms with Gasteiger partial charge in [0.05, 0.1) is 18.4 Å². The van der Waals surface area contributed by atoms with Gasteiger partial charge >= 0.3 is 11.9 Å². The van der Waals surface area contributed by atoms with E-state index in [1.807, 2.05) is 0 Å². The Labute approximate surface area is 178 Å². The van der Waals surface area contributed by atoms with Crippen molar-refractivity contribution in [2.24, 2.45) is 17.8 Å². The molecule has 2 aliphatic rings. The van der Waals surface area contributed by atoms with Crippen molar-refractivity contribution in [1.29, 1.82) is 0 Å². The number of unbranched alkanes of at least 4 members (excludes halogenated alkanes) is 5. The average Bonchev–Trinajstić information content (AvgIpc) is 2.73. The molecule has 0 spiro atoms. The van der Waals surface area contributed by atoms with Gasteiger partial charge in [-0.2, -0.15) is 0 Å². The molecule has 0 aromatic heterocycles. The number of carbonyl (C=O) groups excluding carboxylic acids is 2. The molecule has 2 saturated carbocycles. The van der Waals surface area contributed by atoms with E-state index in [1.54, 1.807) is 0 Å². The van der Waals surface area contributed by atoms with Crippen molar-refractivity contribution < 1.29 is 19.1 Å². The molecule has 29 heavy (non-hydrogen) atoms. The molecule has 0 aromatic carbocycles. The first-order valence-corrected chi connectivity index (χ1v) is 12.4. The maximum Gasteiger partial charge on any atom is 0.310 e. The van der Waals surface area contributed by atoms with Crippen LogP contribution in [0.3, 0.4) is 0 Å². The second-order valence-corrected chi connectivity index (χ2v) is 9.67. The molecular weight excluding hydrogens is 364 g/mol. The molecule has 4 nitrogen and oxygen atoms in total. The minimum Gasteiger partial charge on any atom is -0.465 e. The monoisotopic (exact) mass is 408 g/mol. The van der Waals surface area contributed by atoms with E-state index in [0.29, 0.717) is 6.61 Å². The molecule has 0 aliphatic heterocycles. The molecule has 0 amide bonds. The van der Waals surface area contributed by atoms with E-state index in [1.165, 1.54) is 38.5 Å². The fourth-order valence-electron chi connectivity index (χ4n) is 4.77. The van der Waals surface area contributed by atoms with Crippen LogP contribution in [-0.4, -0.2) is 24.6 Å². The average molecular weight is 409 g/mol. The summed E-state index contributed by atoms with van der Waals surface area (Å²) in [6.45, 7) is 5.05. The lowest BCUT2D eigenvalue weighted by Gasteiger charge is -2.30. The lowest BCUT2D eigenvalue weighted by molar-refractivity contribution is -0.167. The molecule has 0 saturated heterocycles. The molecule has 2 unspecified atom stereocenters. The molecule has 2 rings (SSSR count). The normalized spacial score (nSPS) is 23.1. The van der Waals surface area contributed by atoms with Crippen molar-refractivity contribution in [2.45, 2.75) is 123 Å². The van der Waals surface area contributed by atoms with Gasteiger partial charge in [0.2, 0.25) is 0 Å². The first-order chi connectivity index (χ1) is 14.1. The van der Waals surface area contributed by atoms with E-state index >= 15 is 0 Å². The number of hydrogen-bond acceptors (Lipinski definition) is 4. The molecule has 0 radical (unpaired) electrons. The van der Waals surface area contributed by atoms with E-state index in [-0.39, 0.29) is 29.9 Å². The number of esters is 2. The Morgan fingerprint density at radius 1 is 0.724 bits per heavy atom. The first kappa shape index (κ1) is 24.2. The standard InChI is InChI=1S/C25H44O4/c1-20(2)14-8-5-3-4-6-13-19-28-24(26)22-17-11-12-18-23(22)25(27)29-21-15-9-7-10-16-21/h20-23H,3-19H2,1-2H3. The molecule has 2 atom stereocenters. The molecule has 0 bridgehead atoms. The highest BCUT2D eigenvalue weighted by molar-refractivity contribution is 5.82. The van der Waals surface area contributed by atoms with Gasteiger partial charge < -0.3 is 9.47 Å². The van der Waals surface area contributed by atoms with Crippen LogP contribution in [0.2, 0.25) is 0 Å². The molecular formula is C25H44O4. The van der Waals surface area contributed by atoms with Gasteiger partial charge in [0, 0.05) is 0 Å². The number of ether oxygens (including phenoxy) is 2. The van der Waals surface area contributed by atoms with E-state index in [4.69, 9.17) is 9.47 Å². The van der Waals surface area contributed by atoms with E-state index in [9.17, 15) is 9.59 Å². The van der Waals surface area contributed by atoms with Crippen LogP contribution in [0.15, 0.2) is 0 Å². The zero-order valence-corrected chi connectivity index (χ0v) is 19.0. The summed E-state index contributed by atoms with van der Waals surface area (Å²) in [4.78, 5) is 25.3. The maximum atomic E-state index is 12.7. The SMILES string of the molecule is CC(C)CCCCCCCCOC(=O)C1CCCCC1C(=O)OC1CCCCC1. The minimum absolute atomic E-state index is 0.0652. The second-order valence-electron chi connectivity index (χ2n) is 9.67. The highest BCUT2D eigenvalue weighted by Crippen LogP contribution is 2.33. The van der Waals surface area contributed by atoms with Crippen molar-refractivity contribution in [3.05, 3.63) is 0 Å². The van der Waals surface area contributed by atoms with Gasteiger partial charge in [-0.3, -0.25) is 9.59 Å². The van der Waals surface area contributed by atoms with Crippen molar-refractivity contribution in [2.75, 3.05) is 6.61 Å². The van der Waals surface area contributed by atoms with Gasteiger partial charge in [-0.1, -0.05) is 71.6 Å². The minimum atomic E-state index is -0.295. The summed E-state index contributed by atoms with van der Waals surface area (Å²) in [5.74, 6) is -0.111. The van der Waals surface area contributed by atoms with Crippen molar-refractivity contribution in [1.82, 2.24) is 0 Å². The zero-order chi connectivity index (χ0) is 20.9. The molecule has 4 heteroatoms. The van der Waals surface area contributed by atoms with Gasteiger partial charge in [-0.15, -0.1) is 0 Å². The summed E-state index contributed by atoms with van der Waals surface area (Å²) >= 11 is 0. The van der Waals surface area contributed by atoms with Crippen LogP contribution < -0.4 is 0 Å². The fourth-order valence-corrected chi connectivity index (χ4v) is 4.77. The van der Waals surface area contributed by atoms with Crippen LogP contribution in [0.25, 0.3) is 0 Å². The molecule has 0 N–H and O–H groups in total. The van der Waals surface area contributed by atoms with Gasteiger partial charge in [-0.05, 0) is 50.9 Å². The van der Waals surface area contributed by atoms with E-state index in [0.717, 1.165) is 70.1 Å². The van der Waals surface area contributed by atoms with Gasteiger partial charge in [0.1, 0.15) is 6.10 Å². The van der Waals surface area contributed by atoms with Crippen LogP contribution in [0.5, 0.6) is 0 Å². The van der Waals surface area contributed by atoms with Crippen LogP contribution >= 0.6 is 0 Å². The van der Waals surface area contributed by atoms with Gasteiger partial charge in [0.25, 0.3) is 0 Å². The van der Waals surface area contributed by atoms with Crippen LogP contribution in [0, 0.1) is 17.8 Å². The van der Waals surface area contributed by atoms with Crippen molar-refractivity contribution in [3.63, 3.8) is 0 Å². The quantitative estimate of drug-likeness (QED) is 0.270. The van der Waals surface area contributed by atoms with E-state index in [2.05, 4.69) is 13.8 Å². The Morgan fingerprint density at radius 3 is 1.93 bits per heavy atom. The summed E-state index contributed by atoms with van der Waals surface area (Å²) in [6, 6.07) is 0. The molecule has 168 valence electrons. The summed E-state index contributed by atoms with van der Waals surface area (Å²) in [6.07, 6.45) is 17.6. The summed E-state index contributed by atoms with van der Waals surface area (Å²) in [5, 5.41) is 0. The first-order valence-electron chi connectivity index (χ1n) is 12.4. The fraction of sp³-hybridized carbons (Fsp3) is 0.920. The third-order valence-corrected chi connectivity index (χ3v) is 6.63. The maximum absolute atomic E-state index is 12.7. The lowest BCUT2D eigenvalue weighted by Crippen LogP contribution is -2.37. The molecule has 2 fully saturated rings. The zero-order valence-electron chi connectivity index (χ0n) is 19.0. The Morgan fingerprint density at radius 2 is 1.28 bits per heavy atom. The van der Waals surface area contributed by atoms with Crippen LogP contribution in [0.1, 0.15) is 117 Å². The van der Waals surface area contributed by atoms with Crippen LogP contribution in [-0.2, 0) is 19.1 Å². The van der Waals surface area contributed by atoms with Crippen molar-refractivity contribution >= 4 is 11.9 Å². The third kappa shape index (κ3) is 9.53. The van der Waals surface area contributed by atoms with Crippen LogP contribution in [0.4, 0.5) is 0 Å². The summed E-state index contributed by atoms with van der Waals surface area (Å²) in [5.41, 5.74) is 0. The van der Waals surface area contributed by atoms with Gasteiger partial charge in [0.15, 0.2) is 0 Å².